The molecule has 0 amide bonds. The van der Waals surface area contributed by atoms with Gasteiger partial charge in [0.15, 0.2) is 0 Å². The Morgan fingerprint density at radius 1 is 0.449 bits per heavy atom. The largest absolute Gasteiger partial charge is 0.296 e. The van der Waals surface area contributed by atoms with E-state index < -0.39 is 0 Å². The summed E-state index contributed by atoms with van der Waals surface area (Å²) in [6.45, 7) is 2.17. The topological polar surface area (TPSA) is 17.8 Å². The van der Waals surface area contributed by atoms with Crippen LogP contribution in [0.4, 0.5) is 0 Å². The summed E-state index contributed by atoms with van der Waals surface area (Å²) in [5, 5.41) is 12.6. The van der Waals surface area contributed by atoms with Crippen LogP contribution in [0.3, 0.4) is 0 Å². The molecule has 1 aromatic heterocycles. The summed E-state index contributed by atoms with van der Waals surface area (Å²) in [6, 6.07) is 60.1. The fourth-order valence-corrected chi connectivity index (χ4v) is 8.12. The van der Waals surface area contributed by atoms with Gasteiger partial charge in [0.2, 0.25) is 0 Å². The van der Waals surface area contributed by atoms with Gasteiger partial charge >= 0.3 is 0 Å². The molecule has 0 N–H and O–H groups in total. The van der Waals surface area contributed by atoms with Crippen LogP contribution in [0.15, 0.2) is 164 Å². The summed E-state index contributed by atoms with van der Waals surface area (Å²) in [4.78, 5) is 4.92. The number of para-hydroxylation sites is 2. The zero-order chi connectivity index (χ0) is 32.5. The van der Waals surface area contributed by atoms with Crippen molar-refractivity contribution in [2.24, 2.45) is 0 Å². The van der Waals surface area contributed by atoms with Crippen molar-refractivity contribution in [2.75, 3.05) is 0 Å². The molecular weight excluding hydrogens is 593 g/mol. The van der Waals surface area contributed by atoms with Crippen LogP contribution < -0.4 is 0 Å². The fourth-order valence-electron chi connectivity index (χ4n) is 8.12. The standard InChI is InChI=1S/C47H32N2/c1-2-45-48-43-21-11-12-22-44(43)49(45)34-26-25-30-27-33(24-23-31(30)28-34)46-38-17-7-9-19-40(38)47(41-20-10-8-18-39(41)46)42-29-32-13-3-4-14-35(32)36-15-5-6-16-37(36)42/h3-29H,2H2,1H3. The number of benzene rings is 9. The molecule has 2 nitrogen and oxygen atoms in total. The molecule has 0 aliphatic heterocycles. The first kappa shape index (κ1) is 27.8. The van der Waals surface area contributed by atoms with Gasteiger partial charge in [0.1, 0.15) is 5.82 Å². The quantitative estimate of drug-likeness (QED) is 0.141. The highest BCUT2D eigenvalue weighted by Crippen LogP contribution is 2.46. The highest BCUT2D eigenvalue weighted by molar-refractivity contribution is 6.26. The predicted octanol–water partition coefficient (Wildman–Crippen LogP) is 12.7. The van der Waals surface area contributed by atoms with Crippen LogP contribution >= 0.6 is 0 Å². The van der Waals surface area contributed by atoms with Crippen LogP contribution in [0, 0.1) is 0 Å². The first-order chi connectivity index (χ1) is 24.3. The highest BCUT2D eigenvalue weighted by Gasteiger charge is 2.19. The third-order valence-corrected chi connectivity index (χ3v) is 10.3. The van der Waals surface area contributed by atoms with Gasteiger partial charge in [-0.1, -0.05) is 134 Å². The number of nitrogens with zero attached hydrogens (tertiary/aromatic N) is 2. The Kier molecular flexibility index (Phi) is 6.19. The van der Waals surface area contributed by atoms with Gasteiger partial charge in [-0.05, 0) is 113 Å². The van der Waals surface area contributed by atoms with Crippen molar-refractivity contribution in [1.29, 1.82) is 0 Å². The molecule has 0 saturated carbocycles. The number of hydrogen-bond donors (Lipinski definition) is 0. The molecule has 49 heavy (non-hydrogen) atoms. The van der Waals surface area contributed by atoms with Crippen LogP contribution in [-0.2, 0) is 6.42 Å². The maximum Gasteiger partial charge on any atom is 0.114 e. The Bertz CT molecular complexity index is 2870. The van der Waals surface area contributed by atoms with E-state index in [1.807, 2.05) is 0 Å². The van der Waals surface area contributed by atoms with Gasteiger partial charge in [-0.15, -0.1) is 0 Å². The predicted molar refractivity (Wildman–Crippen MR) is 209 cm³/mol. The summed E-state index contributed by atoms with van der Waals surface area (Å²) < 4.78 is 2.30. The van der Waals surface area contributed by atoms with Crippen molar-refractivity contribution < 1.29 is 0 Å². The van der Waals surface area contributed by atoms with Crippen LogP contribution in [0.5, 0.6) is 0 Å². The van der Waals surface area contributed by atoms with Crippen LogP contribution in [0.1, 0.15) is 12.7 Å². The third kappa shape index (κ3) is 4.24. The number of aryl methyl sites for hydroxylation is 1. The Hall–Kier alpha value is -6.25. The molecule has 0 unspecified atom stereocenters. The Morgan fingerprint density at radius 2 is 1.02 bits per heavy atom. The minimum Gasteiger partial charge on any atom is -0.296 e. The van der Waals surface area contributed by atoms with Gasteiger partial charge in [-0.25, -0.2) is 4.98 Å². The minimum atomic E-state index is 0.872. The summed E-state index contributed by atoms with van der Waals surface area (Å²) >= 11 is 0. The molecule has 10 aromatic rings. The van der Waals surface area contributed by atoms with Crippen LogP contribution in [0.25, 0.3) is 92.8 Å². The van der Waals surface area contributed by atoms with E-state index in [9.17, 15) is 0 Å². The fraction of sp³-hybridized carbons (Fsp3) is 0.0426. The van der Waals surface area contributed by atoms with E-state index in [1.54, 1.807) is 0 Å². The third-order valence-electron chi connectivity index (χ3n) is 10.3. The van der Waals surface area contributed by atoms with Gasteiger partial charge in [-0.2, -0.15) is 0 Å². The van der Waals surface area contributed by atoms with Gasteiger partial charge in [0, 0.05) is 12.1 Å². The second-order valence-electron chi connectivity index (χ2n) is 13.0. The molecule has 0 saturated heterocycles. The first-order valence-corrected chi connectivity index (χ1v) is 17.1. The van der Waals surface area contributed by atoms with Crippen molar-refractivity contribution in [3.63, 3.8) is 0 Å². The first-order valence-electron chi connectivity index (χ1n) is 17.1. The number of hydrogen-bond acceptors (Lipinski definition) is 1. The lowest BCUT2D eigenvalue weighted by molar-refractivity contribution is 0.909. The Morgan fingerprint density at radius 3 is 1.76 bits per heavy atom. The molecule has 2 heteroatoms. The molecule has 230 valence electrons. The van der Waals surface area contributed by atoms with Gasteiger partial charge in [0.05, 0.1) is 11.0 Å². The average molecular weight is 625 g/mol. The Labute approximate surface area is 284 Å². The van der Waals surface area contributed by atoms with Crippen molar-refractivity contribution in [3.05, 3.63) is 170 Å². The molecule has 0 radical (unpaired) electrons. The van der Waals surface area contributed by atoms with Crippen LogP contribution in [0.2, 0.25) is 0 Å². The van der Waals surface area contributed by atoms with Gasteiger partial charge in [0.25, 0.3) is 0 Å². The molecular formula is C47H32N2. The van der Waals surface area contributed by atoms with Crippen molar-refractivity contribution >= 4 is 64.9 Å². The maximum absolute atomic E-state index is 4.92. The van der Waals surface area contributed by atoms with Crippen molar-refractivity contribution in [1.82, 2.24) is 9.55 Å². The lowest BCUT2D eigenvalue weighted by atomic mass is 9.83. The second-order valence-corrected chi connectivity index (χ2v) is 13.0. The lowest BCUT2D eigenvalue weighted by Gasteiger charge is -2.20. The lowest BCUT2D eigenvalue weighted by Crippen LogP contribution is -2.00. The van der Waals surface area contributed by atoms with Crippen molar-refractivity contribution in [2.45, 2.75) is 13.3 Å². The van der Waals surface area contributed by atoms with E-state index in [1.165, 1.54) is 76.1 Å². The van der Waals surface area contributed by atoms with E-state index >= 15 is 0 Å². The van der Waals surface area contributed by atoms with Gasteiger partial charge < -0.3 is 0 Å². The average Bonchev–Trinajstić information content (AvgIpc) is 3.55. The van der Waals surface area contributed by atoms with E-state index in [2.05, 4.69) is 175 Å². The molecule has 9 aromatic carbocycles. The maximum atomic E-state index is 4.92. The van der Waals surface area contributed by atoms with E-state index in [0.717, 1.165) is 29.0 Å². The zero-order valence-corrected chi connectivity index (χ0v) is 27.2. The number of fused-ring (bicyclic) bond motifs is 7. The van der Waals surface area contributed by atoms with Crippen LogP contribution in [-0.4, -0.2) is 9.55 Å². The molecule has 0 atom stereocenters. The van der Waals surface area contributed by atoms with E-state index in [4.69, 9.17) is 4.98 Å². The number of aromatic nitrogens is 2. The molecule has 0 spiro atoms. The summed E-state index contributed by atoms with van der Waals surface area (Å²) in [5.41, 5.74) is 8.40. The number of rotatable bonds is 4. The van der Waals surface area contributed by atoms with Gasteiger partial charge in [-0.3, -0.25) is 4.57 Å². The monoisotopic (exact) mass is 624 g/mol. The minimum absolute atomic E-state index is 0.872. The normalized spacial score (nSPS) is 11.9. The SMILES string of the molecule is CCc1nc2ccccc2n1-c1ccc2cc(-c3c4ccccc4c(-c4cc5ccccc5c5ccccc45)c4ccccc34)ccc2c1. The molecule has 0 fully saturated rings. The Balaban J connectivity index is 1.21. The molecule has 0 aliphatic rings. The molecule has 0 aliphatic carbocycles. The zero-order valence-electron chi connectivity index (χ0n) is 27.2. The molecule has 1 heterocycles. The molecule has 0 bridgehead atoms. The summed E-state index contributed by atoms with van der Waals surface area (Å²) in [5.74, 6) is 1.08. The van der Waals surface area contributed by atoms with E-state index in [0.29, 0.717) is 0 Å². The smallest absolute Gasteiger partial charge is 0.114 e. The summed E-state index contributed by atoms with van der Waals surface area (Å²) in [7, 11) is 0. The number of imidazole rings is 1. The van der Waals surface area contributed by atoms with Crippen molar-refractivity contribution in [3.8, 4) is 27.9 Å². The second kappa shape index (κ2) is 10.9. The molecule has 10 rings (SSSR count). The van der Waals surface area contributed by atoms with E-state index in [-0.39, 0.29) is 0 Å². The highest BCUT2D eigenvalue weighted by atomic mass is 15.1. The summed E-state index contributed by atoms with van der Waals surface area (Å²) in [6.07, 6.45) is 0.872.